The summed E-state index contributed by atoms with van der Waals surface area (Å²) >= 11 is 0. The number of hydrogen-bond acceptors (Lipinski definition) is 6. The third kappa shape index (κ3) is 5.40. The summed E-state index contributed by atoms with van der Waals surface area (Å²) in [5.74, 6) is -2.45. The average Bonchev–Trinajstić information content (AvgIpc) is 2.84. The van der Waals surface area contributed by atoms with Gasteiger partial charge in [0.15, 0.2) is 0 Å². The van der Waals surface area contributed by atoms with E-state index in [-0.39, 0.29) is 24.0 Å². The van der Waals surface area contributed by atoms with Crippen molar-refractivity contribution in [3.05, 3.63) is 95.9 Å². The molecular formula is C25H23F3N4O3. The lowest BCUT2D eigenvalue weighted by atomic mass is 9.90. The molecule has 2 aromatic heterocycles. The number of nitrogens with zero attached hydrogens (tertiary/aromatic N) is 2. The Morgan fingerprint density at radius 2 is 2.11 bits per heavy atom. The Bertz CT molecular complexity index is 1230. The maximum atomic E-state index is 15.0. The van der Waals surface area contributed by atoms with Gasteiger partial charge >= 0.3 is 0 Å². The summed E-state index contributed by atoms with van der Waals surface area (Å²) in [6.07, 6.45) is 7.09. The molecule has 0 aromatic carbocycles. The van der Waals surface area contributed by atoms with Crippen LogP contribution in [-0.2, 0) is 4.74 Å². The maximum Gasteiger partial charge on any atom is 0.274 e. The lowest BCUT2D eigenvalue weighted by Crippen LogP contribution is -2.49. The van der Waals surface area contributed by atoms with Crippen molar-refractivity contribution in [2.75, 3.05) is 5.32 Å². The molecule has 2 aliphatic rings. The summed E-state index contributed by atoms with van der Waals surface area (Å²) < 4.78 is 48.1. The first-order valence-corrected chi connectivity index (χ1v) is 10.9. The topological polar surface area (TPSA) is 110 Å². The molecule has 1 amide bonds. The Morgan fingerprint density at radius 3 is 2.91 bits per heavy atom. The first kappa shape index (κ1) is 24.5. The van der Waals surface area contributed by atoms with Gasteiger partial charge in [-0.05, 0) is 43.2 Å². The number of nitrogens with one attached hydrogen (secondary N) is 1. The van der Waals surface area contributed by atoms with Gasteiger partial charge in [0, 0.05) is 23.4 Å². The Hall–Kier alpha value is -3.60. The van der Waals surface area contributed by atoms with Gasteiger partial charge < -0.3 is 20.9 Å². The molecule has 10 heteroatoms. The van der Waals surface area contributed by atoms with E-state index < -0.39 is 47.6 Å². The van der Waals surface area contributed by atoms with Crippen molar-refractivity contribution in [2.24, 2.45) is 5.73 Å². The average molecular weight is 484 g/mol. The molecule has 0 spiro atoms. The fourth-order valence-corrected chi connectivity index (χ4v) is 4.00. The van der Waals surface area contributed by atoms with E-state index in [1.165, 1.54) is 24.4 Å². The van der Waals surface area contributed by atoms with Crippen LogP contribution in [0.25, 0.3) is 5.57 Å². The van der Waals surface area contributed by atoms with Crippen LogP contribution in [0, 0.1) is 5.82 Å². The normalized spacial score (nSPS) is 26.4. The standard InChI is InChI=1S/C25H23F3N4O3/c26-10-2-1-5-16(27)14-4-3-6-21-24(33)18(29)12-22(35-21)15-9-11-30-13-20(15)32-25(34)19-8-7-17(28)23(14)31-19/h1-5,7-11,13,18,21-22,24,33H,6,12,29H2,(H,32,34). The molecule has 1 saturated heterocycles. The van der Waals surface area contributed by atoms with Crippen LogP contribution in [0.3, 0.4) is 0 Å². The van der Waals surface area contributed by atoms with E-state index in [0.29, 0.717) is 17.7 Å². The van der Waals surface area contributed by atoms with Crippen molar-refractivity contribution in [1.82, 2.24) is 9.97 Å². The fourth-order valence-electron chi connectivity index (χ4n) is 4.00. The second-order valence-electron chi connectivity index (χ2n) is 8.07. The number of aliphatic hydroxyl groups is 1. The van der Waals surface area contributed by atoms with Gasteiger partial charge in [-0.25, -0.2) is 18.2 Å². The Kier molecular flexibility index (Phi) is 7.54. The summed E-state index contributed by atoms with van der Waals surface area (Å²) in [6.45, 7) is 0. The van der Waals surface area contributed by atoms with Crippen LogP contribution in [0.4, 0.5) is 18.9 Å². The first-order valence-electron chi connectivity index (χ1n) is 10.9. The van der Waals surface area contributed by atoms with Crippen molar-refractivity contribution >= 4 is 17.2 Å². The van der Waals surface area contributed by atoms with E-state index in [1.807, 2.05) is 0 Å². The van der Waals surface area contributed by atoms with Gasteiger partial charge in [-0.3, -0.25) is 9.78 Å². The van der Waals surface area contributed by atoms with Crippen molar-refractivity contribution < 1.29 is 27.8 Å². The number of pyridine rings is 2. The number of carbonyl (C=O) groups excluding carboxylic acids is 1. The van der Waals surface area contributed by atoms with Gasteiger partial charge in [-0.15, -0.1) is 0 Å². The van der Waals surface area contributed by atoms with Crippen LogP contribution in [0.2, 0.25) is 0 Å². The lowest BCUT2D eigenvalue weighted by molar-refractivity contribution is -0.126. The highest BCUT2D eigenvalue weighted by Crippen LogP contribution is 2.36. The quantitative estimate of drug-likeness (QED) is 0.555. The van der Waals surface area contributed by atoms with Crippen LogP contribution in [0.5, 0.6) is 0 Å². The van der Waals surface area contributed by atoms with Crippen molar-refractivity contribution in [3.8, 4) is 0 Å². The lowest BCUT2D eigenvalue weighted by Gasteiger charge is -2.38. The van der Waals surface area contributed by atoms with E-state index in [9.17, 15) is 18.7 Å². The van der Waals surface area contributed by atoms with Crippen LogP contribution in [-0.4, -0.2) is 39.2 Å². The summed E-state index contributed by atoms with van der Waals surface area (Å²) in [5.41, 5.74) is 6.28. The molecule has 7 nitrogen and oxygen atoms in total. The van der Waals surface area contributed by atoms with Crippen molar-refractivity contribution in [1.29, 1.82) is 0 Å². The number of carbonyl (C=O) groups is 1. The minimum atomic E-state index is -1.01. The number of rotatable bonds is 2. The molecule has 4 unspecified atom stereocenters. The fraction of sp³-hybridized carbons (Fsp3) is 0.240. The third-order valence-electron chi connectivity index (χ3n) is 5.77. The number of aliphatic hydroxyl groups excluding tert-OH is 1. The number of anilines is 1. The number of fused-ring (bicyclic) bond motifs is 6. The Balaban J connectivity index is 1.86. The molecule has 1 fully saturated rings. The monoisotopic (exact) mass is 484 g/mol. The largest absolute Gasteiger partial charge is 0.389 e. The van der Waals surface area contributed by atoms with E-state index in [0.717, 1.165) is 24.3 Å². The maximum absolute atomic E-state index is 15.0. The van der Waals surface area contributed by atoms with Crippen molar-refractivity contribution in [2.45, 2.75) is 37.2 Å². The molecule has 182 valence electrons. The third-order valence-corrected chi connectivity index (χ3v) is 5.77. The zero-order valence-corrected chi connectivity index (χ0v) is 18.4. The highest BCUT2D eigenvalue weighted by molar-refractivity contribution is 6.03. The molecule has 2 aromatic rings. The van der Waals surface area contributed by atoms with Gasteiger partial charge in [-0.1, -0.05) is 18.2 Å². The molecule has 4 bridgehead atoms. The number of amides is 1. The Labute approximate surface area is 199 Å². The minimum absolute atomic E-state index is 0.129. The number of halogens is 3. The SMILES string of the molecule is NC1CC2OC(CC=CC(=C(F)C=CC=CF)c3nc(ccc3F)C(=O)Nc3cnccc32)C1O. The van der Waals surface area contributed by atoms with Crippen LogP contribution in [0.1, 0.15) is 40.7 Å². The predicted molar refractivity (Wildman–Crippen MR) is 124 cm³/mol. The van der Waals surface area contributed by atoms with Gasteiger partial charge in [0.05, 0.1) is 36.5 Å². The number of allylic oxidation sites excluding steroid dienone is 6. The molecule has 2 aliphatic heterocycles. The number of ether oxygens (including phenoxy) is 1. The second kappa shape index (κ2) is 10.8. The molecule has 0 aliphatic carbocycles. The number of nitrogens with two attached hydrogens (primary N) is 1. The van der Waals surface area contributed by atoms with E-state index in [4.69, 9.17) is 10.5 Å². The summed E-state index contributed by atoms with van der Waals surface area (Å²) in [5, 5.41) is 13.3. The van der Waals surface area contributed by atoms with E-state index in [2.05, 4.69) is 15.3 Å². The van der Waals surface area contributed by atoms with E-state index in [1.54, 1.807) is 12.3 Å². The minimum Gasteiger partial charge on any atom is -0.389 e. The molecular weight excluding hydrogens is 461 g/mol. The van der Waals surface area contributed by atoms with Crippen LogP contribution in [0.15, 0.2) is 73.1 Å². The van der Waals surface area contributed by atoms with Crippen LogP contribution < -0.4 is 11.1 Å². The first-order chi connectivity index (χ1) is 16.9. The predicted octanol–water partition coefficient (Wildman–Crippen LogP) is 4.07. The zero-order chi connectivity index (χ0) is 24.9. The molecule has 4 atom stereocenters. The zero-order valence-electron chi connectivity index (χ0n) is 18.4. The number of aromatic nitrogens is 2. The highest BCUT2D eigenvalue weighted by atomic mass is 19.1. The smallest absolute Gasteiger partial charge is 0.274 e. The van der Waals surface area contributed by atoms with E-state index >= 15 is 4.39 Å². The highest BCUT2D eigenvalue weighted by Gasteiger charge is 2.37. The molecule has 4 heterocycles. The van der Waals surface area contributed by atoms with Gasteiger partial charge in [0.1, 0.15) is 23.0 Å². The summed E-state index contributed by atoms with van der Waals surface area (Å²) in [7, 11) is 0. The second-order valence-corrected chi connectivity index (χ2v) is 8.07. The number of hydrogen-bond donors (Lipinski definition) is 3. The molecule has 0 saturated carbocycles. The molecule has 35 heavy (non-hydrogen) atoms. The molecule has 0 radical (unpaired) electrons. The Morgan fingerprint density at radius 1 is 1.29 bits per heavy atom. The van der Waals surface area contributed by atoms with Gasteiger partial charge in [0.2, 0.25) is 0 Å². The van der Waals surface area contributed by atoms with Gasteiger partial charge in [-0.2, -0.15) is 0 Å². The molecule has 4 rings (SSSR count). The van der Waals surface area contributed by atoms with Crippen molar-refractivity contribution in [3.63, 3.8) is 0 Å². The van der Waals surface area contributed by atoms with Crippen LogP contribution >= 0.6 is 0 Å². The summed E-state index contributed by atoms with van der Waals surface area (Å²) in [6, 6.07) is 3.25. The van der Waals surface area contributed by atoms with Gasteiger partial charge in [0.25, 0.3) is 5.91 Å². The summed E-state index contributed by atoms with van der Waals surface area (Å²) in [4.78, 5) is 21.1. The molecule has 4 N–H and O–H groups in total.